The van der Waals surface area contributed by atoms with E-state index >= 15 is 0 Å². The maximum Gasteiger partial charge on any atom is 0.157 e. The first-order valence-electron chi connectivity index (χ1n) is 5.83. The average Bonchev–Trinajstić information content (AvgIpc) is 2.49. The molecule has 1 fully saturated rings. The minimum atomic E-state index is -3.07. The smallest absolute Gasteiger partial charge is 0.157 e. The number of ether oxygens (including phenoxy) is 1. The molecule has 16 heavy (non-hydrogen) atoms. The Kier molecular flexibility index (Phi) is 4.37. The first-order chi connectivity index (χ1) is 7.24. The number of sulfone groups is 1. The van der Waals surface area contributed by atoms with Gasteiger partial charge in [0.25, 0.3) is 0 Å². The highest BCUT2D eigenvalue weighted by molar-refractivity contribution is 7.92. The van der Waals surface area contributed by atoms with Crippen LogP contribution in [0.15, 0.2) is 0 Å². The molecule has 0 aromatic rings. The molecule has 2 N–H and O–H groups in total. The molecule has 1 aliphatic carbocycles. The van der Waals surface area contributed by atoms with E-state index in [0.29, 0.717) is 0 Å². The molecule has 0 saturated heterocycles. The molecule has 0 heterocycles. The summed E-state index contributed by atoms with van der Waals surface area (Å²) < 4.78 is 28.4. The van der Waals surface area contributed by atoms with Gasteiger partial charge < -0.3 is 10.5 Å². The van der Waals surface area contributed by atoms with Gasteiger partial charge in [-0.3, -0.25) is 0 Å². The Hall–Kier alpha value is -0.130. The molecule has 0 amide bonds. The fourth-order valence-electron chi connectivity index (χ4n) is 1.78. The summed E-state index contributed by atoms with van der Waals surface area (Å²) in [6, 6.07) is 0.0809. The zero-order chi connectivity index (χ0) is 12.4. The van der Waals surface area contributed by atoms with Crippen molar-refractivity contribution in [2.24, 2.45) is 5.73 Å². The van der Waals surface area contributed by atoms with Gasteiger partial charge in [-0.25, -0.2) is 8.42 Å². The van der Waals surface area contributed by atoms with Crippen molar-refractivity contribution in [3.05, 3.63) is 0 Å². The van der Waals surface area contributed by atoms with Crippen molar-refractivity contribution in [3.8, 4) is 0 Å². The molecule has 2 unspecified atom stereocenters. The third kappa shape index (κ3) is 3.43. The van der Waals surface area contributed by atoms with Crippen molar-refractivity contribution < 1.29 is 13.2 Å². The zero-order valence-corrected chi connectivity index (χ0v) is 11.2. The van der Waals surface area contributed by atoms with Crippen molar-refractivity contribution in [1.82, 2.24) is 0 Å². The second-order valence-corrected chi connectivity index (χ2v) is 8.30. The van der Waals surface area contributed by atoms with Crippen LogP contribution in [-0.4, -0.2) is 37.7 Å². The molecule has 0 aromatic carbocycles. The van der Waals surface area contributed by atoms with Crippen LogP contribution in [-0.2, 0) is 14.6 Å². The molecule has 0 spiro atoms. The Labute approximate surface area is 98.5 Å². The summed E-state index contributed by atoms with van der Waals surface area (Å²) in [5.41, 5.74) is 5.84. The molecular formula is C11H23NO3S. The monoisotopic (exact) mass is 249 g/mol. The van der Waals surface area contributed by atoms with Crippen LogP contribution in [0.5, 0.6) is 0 Å². The van der Waals surface area contributed by atoms with E-state index in [9.17, 15) is 8.42 Å². The van der Waals surface area contributed by atoms with Gasteiger partial charge in [0.15, 0.2) is 9.84 Å². The van der Waals surface area contributed by atoms with Crippen LogP contribution in [0.2, 0.25) is 0 Å². The van der Waals surface area contributed by atoms with E-state index in [1.165, 1.54) is 0 Å². The maximum atomic E-state index is 11.8. The average molecular weight is 249 g/mol. The number of rotatable bonds is 4. The Balaban J connectivity index is 2.36. The van der Waals surface area contributed by atoms with E-state index in [4.69, 9.17) is 10.5 Å². The first-order valence-corrected chi connectivity index (χ1v) is 7.49. The fraction of sp³-hybridized carbons (Fsp3) is 1.00. The van der Waals surface area contributed by atoms with Crippen LogP contribution < -0.4 is 5.73 Å². The highest BCUT2D eigenvalue weighted by Crippen LogP contribution is 2.21. The summed E-state index contributed by atoms with van der Waals surface area (Å²) in [5, 5.41) is 0. The number of nitrogens with two attached hydrogens (primary N) is 1. The fourth-order valence-corrected chi connectivity index (χ4v) is 2.71. The Bertz CT molecular complexity index is 319. The van der Waals surface area contributed by atoms with Crippen molar-refractivity contribution in [2.75, 3.05) is 12.4 Å². The molecule has 0 bridgehead atoms. The van der Waals surface area contributed by atoms with Gasteiger partial charge in [-0.05, 0) is 40.0 Å². The molecule has 2 atom stereocenters. The number of hydrogen-bond donors (Lipinski definition) is 1. The highest BCUT2D eigenvalue weighted by Gasteiger charge is 2.30. The van der Waals surface area contributed by atoms with Gasteiger partial charge in [-0.2, -0.15) is 0 Å². The quantitative estimate of drug-likeness (QED) is 0.810. The van der Waals surface area contributed by atoms with Crippen LogP contribution in [0.25, 0.3) is 0 Å². The zero-order valence-electron chi connectivity index (χ0n) is 10.4. The van der Waals surface area contributed by atoms with Crippen LogP contribution in [0.1, 0.15) is 40.0 Å². The largest absolute Gasteiger partial charge is 0.376 e. The van der Waals surface area contributed by atoms with E-state index in [2.05, 4.69) is 0 Å². The minimum absolute atomic E-state index is 0.0511. The van der Waals surface area contributed by atoms with Crippen LogP contribution in [0, 0.1) is 0 Å². The lowest BCUT2D eigenvalue weighted by atomic mass is 10.2. The van der Waals surface area contributed by atoms with Crippen molar-refractivity contribution in [1.29, 1.82) is 0 Å². The van der Waals surface area contributed by atoms with E-state index in [-0.39, 0.29) is 24.5 Å². The van der Waals surface area contributed by atoms with Crippen molar-refractivity contribution in [3.63, 3.8) is 0 Å². The van der Waals surface area contributed by atoms with Gasteiger partial charge in [-0.15, -0.1) is 0 Å². The predicted octanol–water partition coefficient (Wildman–Crippen LogP) is 1.10. The summed E-state index contributed by atoms with van der Waals surface area (Å²) in [6.45, 7) is 5.40. The molecule has 0 aromatic heterocycles. The second-order valence-electron chi connectivity index (χ2n) is 5.44. The van der Waals surface area contributed by atoms with Gasteiger partial charge in [0.1, 0.15) is 0 Å². The van der Waals surface area contributed by atoms with Gasteiger partial charge in [-0.1, -0.05) is 0 Å². The van der Waals surface area contributed by atoms with Crippen LogP contribution in [0.3, 0.4) is 0 Å². The summed E-state index contributed by atoms with van der Waals surface area (Å²) in [6.07, 6.45) is 3.07. The molecule has 96 valence electrons. The standard InChI is InChI=1S/C11H23NO3S/c1-11(2,3)16(13,14)8-7-15-10-6-4-5-9(10)12/h9-10H,4-8,12H2,1-3H3. The molecule has 0 aliphatic heterocycles. The third-order valence-corrected chi connectivity index (χ3v) is 5.69. The predicted molar refractivity (Wildman–Crippen MR) is 65.1 cm³/mol. The Morgan fingerprint density at radius 1 is 1.31 bits per heavy atom. The normalized spacial score (nSPS) is 27.2. The van der Waals surface area contributed by atoms with Crippen LogP contribution >= 0.6 is 0 Å². The summed E-state index contributed by atoms with van der Waals surface area (Å²) >= 11 is 0. The molecular weight excluding hydrogens is 226 g/mol. The van der Waals surface area contributed by atoms with Crippen LogP contribution in [0.4, 0.5) is 0 Å². The Morgan fingerprint density at radius 3 is 2.38 bits per heavy atom. The molecule has 1 saturated carbocycles. The highest BCUT2D eigenvalue weighted by atomic mass is 32.2. The second kappa shape index (κ2) is 5.02. The minimum Gasteiger partial charge on any atom is -0.376 e. The van der Waals surface area contributed by atoms with Gasteiger partial charge in [0, 0.05) is 6.04 Å². The summed E-state index contributed by atoms with van der Waals surface area (Å²) in [4.78, 5) is 0. The Morgan fingerprint density at radius 2 is 1.94 bits per heavy atom. The lowest BCUT2D eigenvalue weighted by Gasteiger charge is -2.21. The van der Waals surface area contributed by atoms with Gasteiger partial charge in [0.2, 0.25) is 0 Å². The SMILES string of the molecule is CC(C)(C)S(=O)(=O)CCOC1CCCC1N. The topological polar surface area (TPSA) is 69.4 Å². The lowest BCUT2D eigenvalue weighted by molar-refractivity contribution is 0.0586. The molecule has 4 nitrogen and oxygen atoms in total. The summed E-state index contributed by atoms with van der Waals surface area (Å²) in [5.74, 6) is 0.0831. The lowest BCUT2D eigenvalue weighted by Crippen LogP contribution is -2.35. The van der Waals surface area contributed by atoms with E-state index < -0.39 is 14.6 Å². The van der Waals surface area contributed by atoms with Crippen molar-refractivity contribution >= 4 is 9.84 Å². The van der Waals surface area contributed by atoms with Crippen molar-refractivity contribution in [2.45, 2.75) is 56.9 Å². The van der Waals surface area contributed by atoms with E-state index in [1.807, 2.05) is 0 Å². The third-order valence-electron chi connectivity index (χ3n) is 3.12. The van der Waals surface area contributed by atoms with E-state index in [1.54, 1.807) is 20.8 Å². The van der Waals surface area contributed by atoms with E-state index in [0.717, 1.165) is 19.3 Å². The summed E-state index contributed by atoms with van der Waals surface area (Å²) in [7, 11) is -3.07. The molecule has 0 radical (unpaired) electrons. The van der Waals surface area contributed by atoms with Gasteiger partial charge in [0.05, 0.1) is 23.2 Å². The number of hydrogen-bond acceptors (Lipinski definition) is 4. The maximum absolute atomic E-state index is 11.8. The molecule has 1 aliphatic rings. The molecule has 5 heteroatoms. The van der Waals surface area contributed by atoms with Gasteiger partial charge >= 0.3 is 0 Å². The first kappa shape index (κ1) is 13.9. The molecule has 1 rings (SSSR count).